The molecule has 100 valence electrons. The van der Waals surface area contributed by atoms with Gasteiger partial charge in [0.1, 0.15) is 0 Å². The molecule has 18 heavy (non-hydrogen) atoms. The number of esters is 1. The van der Waals surface area contributed by atoms with Crippen LogP contribution in [0.2, 0.25) is 5.02 Å². The molecule has 0 bridgehead atoms. The highest BCUT2D eigenvalue weighted by molar-refractivity contribution is 7.78. The third kappa shape index (κ3) is 3.47. The molecule has 1 rings (SSSR count). The molecule has 0 amide bonds. The Labute approximate surface area is 109 Å². The third-order valence-corrected chi connectivity index (χ3v) is 3.03. The summed E-state index contributed by atoms with van der Waals surface area (Å²) in [6, 6.07) is 1.88. The van der Waals surface area contributed by atoms with Crippen molar-refractivity contribution in [1.82, 2.24) is 0 Å². The maximum Gasteiger partial charge on any atom is 0.338 e. The second-order valence-corrected chi connectivity index (χ2v) is 4.57. The summed E-state index contributed by atoms with van der Waals surface area (Å²) in [5.74, 6) is -1.44. The highest BCUT2D eigenvalue weighted by atomic mass is 35.5. The Morgan fingerprint density at radius 1 is 1.56 bits per heavy atom. The van der Waals surface area contributed by atoms with E-state index >= 15 is 0 Å². The van der Waals surface area contributed by atoms with Crippen molar-refractivity contribution >= 4 is 28.7 Å². The van der Waals surface area contributed by atoms with E-state index in [1.54, 1.807) is 0 Å². The standard InChI is InChI=1S/C10H9ClF2O4S/c1-17-10(14)7-2-5(4-18(15)16)8(11)3-6(7)9(12)13/h2-3,9H,4H2,1H3,(H,15,16)/p-1. The third-order valence-electron chi connectivity index (χ3n) is 2.13. The van der Waals surface area contributed by atoms with Gasteiger partial charge < -0.3 is 9.29 Å². The molecule has 0 saturated carbocycles. The number of hydrogen-bond donors (Lipinski definition) is 0. The Morgan fingerprint density at radius 3 is 2.61 bits per heavy atom. The molecule has 0 aliphatic heterocycles. The minimum atomic E-state index is -2.91. The molecular formula is C10H8ClF2O4S-. The molecular weight excluding hydrogens is 290 g/mol. The zero-order chi connectivity index (χ0) is 13.9. The van der Waals surface area contributed by atoms with Crippen molar-refractivity contribution in [2.45, 2.75) is 12.2 Å². The molecule has 0 aromatic heterocycles. The van der Waals surface area contributed by atoms with E-state index in [4.69, 9.17) is 11.6 Å². The number of benzene rings is 1. The van der Waals surface area contributed by atoms with Gasteiger partial charge in [0.2, 0.25) is 0 Å². The van der Waals surface area contributed by atoms with E-state index in [0.717, 1.165) is 19.2 Å². The van der Waals surface area contributed by atoms with Gasteiger partial charge in [-0.3, -0.25) is 4.21 Å². The number of alkyl halides is 2. The molecule has 0 heterocycles. The molecule has 0 aliphatic carbocycles. The molecule has 8 heteroatoms. The zero-order valence-corrected chi connectivity index (χ0v) is 10.7. The summed E-state index contributed by atoms with van der Waals surface area (Å²) in [7, 11) is 1.04. The van der Waals surface area contributed by atoms with Crippen LogP contribution >= 0.6 is 11.6 Å². The average molecular weight is 298 g/mol. The van der Waals surface area contributed by atoms with Gasteiger partial charge in [0, 0.05) is 16.3 Å². The van der Waals surface area contributed by atoms with Crippen LogP contribution < -0.4 is 0 Å². The fourth-order valence-electron chi connectivity index (χ4n) is 1.34. The summed E-state index contributed by atoms with van der Waals surface area (Å²) < 4.78 is 50.9. The molecule has 0 saturated heterocycles. The van der Waals surface area contributed by atoms with Gasteiger partial charge in [-0.25, -0.2) is 13.6 Å². The molecule has 0 N–H and O–H groups in total. The molecule has 0 spiro atoms. The number of ether oxygens (including phenoxy) is 1. The first-order valence-electron chi connectivity index (χ1n) is 4.61. The van der Waals surface area contributed by atoms with Crippen LogP contribution in [0.15, 0.2) is 12.1 Å². The lowest BCUT2D eigenvalue weighted by Gasteiger charge is -2.12. The van der Waals surface area contributed by atoms with E-state index in [9.17, 15) is 22.3 Å². The van der Waals surface area contributed by atoms with Gasteiger partial charge in [0.25, 0.3) is 6.43 Å². The quantitative estimate of drug-likeness (QED) is 0.632. The highest BCUT2D eigenvalue weighted by Gasteiger charge is 2.21. The van der Waals surface area contributed by atoms with E-state index < -0.39 is 40.4 Å². The van der Waals surface area contributed by atoms with Gasteiger partial charge in [-0.05, 0) is 17.7 Å². The van der Waals surface area contributed by atoms with E-state index in [0.29, 0.717) is 0 Å². The van der Waals surface area contributed by atoms with Gasteiger partial charge in [-0.1, -0.05) is 22.7 Å². The van der Waals surface area contributed by atoms with Crippen LogP contribution in [0.4, 0.5) is 8.78 Å². The van der Waals surface area contributed by atoms with Crippen LogP contribution in [0.1, 0.15) is 27.9 Å². The Morgan fingerprint density at radius 2 is 2.17 bits per heavy atom. The molecule has 4 nitrogen and oxygen atoms in total. The number of methoxy groups -OCH3 is 1. The molecule has 1 aromatic carbocycles. The molecule has 0 aliphatic rings. The lowest BCUT2D eigenvalue weighted by atomic mass is 10.0. The van der Waals surface area contributed by atoms with Crippen molar-refractivity contribution in [2.24, 2.45) is 0 Å². The summed E-state index contributed by atoms with van der Waals surface area (Å²) in [4.78, 5) is 11.3. The predicted molar refractivity (Wildman–Crippen MR) is 60.4 cm³/mol. The van der Waals surface area contributed by atoms with Crippen molar-refractivity contribution in [1.29, 1.82) is 0 Å². The first kappa shape index (κ1) is 15.0. The average Bonchev–Trinajstić information content (AvgIpc) is 2.29. The van der Waals surface area contributed by atoms with Crippen LogP contribution in [0.25, 0.3) is 0 Å². The maximum absolute atomic E-state index is 12.7. The summed E-state index contributed by atoms with van der Waals surface area (Å²) in [5, 5.41) is -0.137. The Kier molecular flexibility index (Phi) is 5.18. The van der Waals surface area contributed by atoms with Crippen LogP contribution in [0, 0.1) is 0 Å². The molecule has 1 unspecified atom stereocenters. The predicted octanol–water partition coefficient (Wildman–Crippen LogP) is 2.44. The van der Waals surface area contributed by atoms with Gasteiger partial charge in [-0.2, -0.15) is 0 Å². The zero-order valence-electron chi connectivity index (χ0n) is 9.11. The van der Waals surface area contributed by atoms with E-state index in [1.807, 2.05) is 0 Å². The van der Waals surface area contributed by atoms with Gasteiger partial charge in [0.05, 0.1) is 12.7 Å². The van der Waals surface area contributed by atoms with Crippen molar-refractivity contribution in [2.75, 3.05) is 7.11 Å². The fourth-order valence-corrected chi connectivity index (χ4v) is 2.15. The summed E-state index contributed by atoms with van der Waals surface area (Å²) >= 11 is 3.24. The first-order valence-corrected chi connectivity index (χ1v) is 6.23. The minimum Gasteiger partial charge on any atom is -0.772 e. The fraction of sp³-hybridized carbons (Fsp3) is 0.300. The monoisotopic (exact) mass is 297 g/mol. The number of hydrogen-bond acceptors (Lipinski definition) is 4. The van der Waals surface area contributed by atoms with Gasteiger partial charge >= 0.3 is 5.97 Å². The molecule has 0 radical (unpaired) electrons. The van der Waals surface area contributed by atoms with Crippen LogP contribution in [0.3, 0.4) is 0 Å². The first-order chi connectivity index (χ1) is 8.36. The summed E-state index contributed by atoms with van der Waals surface area (Å²) in [5.41, 5.74) is -0.917. The van der Waals surface area contributed by atoms with E-state index in [-0.39, 0.29) is 10.6 Å². The van der Waals surface area contributed by atoms with Crippen LogP contribution in [-0.2, 0) is 21.6 Å². The van der Waals surface area contributed by atoms with Gasteiger partial charge in [-0.15, -0.1) is 0 Å². The number of halogens is 3. The van der Waals surface area contributed by atoms with Crippen molar-refractivity contribution in [3.8, 4) is 0 Å². The summed E-state index contributed by atoms with van der Waals surface area (Å²) in [6.45, 7) is 0. The molecule has 1 aromatic rings. The lowest BCUT2D eigenvalue weighted by molar-refractivity contribution is 0.0589. The second-order valence-electron chi connectivity index (χ2n) is 3.27. The van der Waals surface area contributed by atoms with Crippen molar-refractivity contribution in [3.63, 3.8) is 0 Å². The molecule has 0 fully saturated rings. The lowest BCUT2D eigenvalue weighted by Crippen LogP contribution is -2.08. The summed E-state index contributed by atoms with van der Waals surface area (Å²) in [6.07, 6.45) is -2.91. The van der Waals surface area contributed by atoms with Crippen molar-refractivity contribution < 1.29 is 27.1 Å². The molecule has 1 atom stereocenters. The highest BCUT2D eigenvalue weighted by Crippen LogP contribution is 2.30. The minimum absolute atomic E-state index is 0.0646. The normalized spacial score (nSPS) is 12.6. The Bertz CT molecular complexity index is 493. The van der Waals surface area contributed by atoms with E-state index in [1.165, 1.54) is 0 Å². The number of carbonyl (C=O) groups excluding carboxylic acids is 1. The Hall–Kier alpha value is -1.05. The SMILES string of the molecule is COC(=O)c1cc(CS(=O)[O-])c(Cl)cc1C(F)F. The van der Waals surface area contributed by atoms with Gasteiger partial charge in [0.15, 0.2) is 0 Å². The smallest absolute Gasteiger partial charge is 0.338 e. The van der Waals surface area contributed by atoms with Crippen LogP contribution in [0.5, 0.6) is 0 Å². The number of carbonyl (C=O) groups is 1. The topological polar surface area (TPSA) is 66.4 Å². The van der Waals surface area contributed by atoms with Crippen molar-refractivity contribution in [3.05, 3.63) is 33.8 Å². The van der Waals surface area contributed by atoms with Crippen LogP contribution in [-0.4, -0.2) is 21.8 Å². The maximum atomic E-state index is 12.7. The van der Waals surface area contributed by atoms with E-state index in [2.05, 4.69) is 4.74 Å². The second kappa shape index (κ2) is 6.21. The largest absolute Gasteiger partial charge is 0.772 e. The Balaban J connectivity index is 3.35. The number of rotatable bonds is 4.